The van der Waals surface area contributed by atoms with Crippen molar-refractivity contribution in [2.45, 2.75) is 66.8 Å². The van der Waals surface area contributed by atoms with E-state index in [9.17, 15) is 4.79 Å². The van der Waals surface area contributed by atoms with Gasteiger partial charge in [-0.1, -0.05) is 53.7 Å². The van der Waals surface area contributed by atoms with Crippen LogP contribution in [-0.2, 0) is 13.0 Å². The van der Waals surface area contributed by atoms with Gasteiger partial charge in [0.15, 0.2) is 0 Å². The van der Waals surface area contributed by atoms with E-state index in [0.29, 0.717) is 0 Å². The third-order valence-corrected chi connectivity index (χ3v) is 4.30. The van der Waals surface area contributed by atoms with E-state index in [1.54, 1.807) is 0 Å². The van der Waals surface area contributed by atoms with Crippen LogP contribution in [0.25, 0.3) is 10.9 Å². The second-order valence-corrected chi connectivity index (χ2v) is 7.77. The van der Waals surface area contributed by atoms with Crippen LogP contribution in [0.4, 0.5) is 0 Å². The molecule has 0 N–H and O–H groups in total. The number of benzene rings is 1. The first-order valence-electron chi connectivity index (χ1n) is 8.39. The molecule has 1 heterocycles. The molecular weight excluding hydrogens is 270 g/mol. The SMILES string of the molecule is CCc1ccc2cc(C(C)C)c(=O)n(CCC(C)(C)C)c2c1. The fourth-order valence-electron chi connectivity index (χ4n) is 2.74. The lowest BCUT2D eigenvalue weighted by atomic mass is 9.92. The summed E-state index contributed by atoms with van der Waals surface area (Å²) in [4.78, 5) is 12.9. The van der Waals surface area contributed by atoms with Gasteiger partial charge in [-0.3, -0.25) is 4.79 Å². The van der Waals surface area contributed by atoms with Crippen LogP contribution >= 0.6 is 0 Å². The Morgan fingerprint density at radius 1 is 1.14 bits per heavy atom. The number of aromatic nitrogens is 1. The van der Waals surface area contributed by atoms with Gasteiger partial charge in [-0.2, -0.15) is 0 Å². The van der Waals surface area contributed by atoms with Crippen molar-refractivity contribution < 1.29 is 0 Å². The van der Waals surface area contributed by atoms with Crippen molar-refractivity contribution >= 4 is 10.9 Å². The largest absolute Gasteiger partial charge is 0.308 e. The van der Waals surface area contributed by atoms with E-state index < -0.39 is 0 Å². The Morgan fingerprint density at radius 2 is 1.82 bits per heavy atom. The summed E-state index contributed by atoms with van der Waals surface area (Å²) in [6, 6.07) is 8.59. The molecule has 2 aromatic rings. The lowest BCUT2D eigenvalue weighted by molar-refractivity contribution is 0.350. The fourth-order valence-corrected chi connectivity index (χ4v) is 2.74. The fraction of sp³-hybridized carbons (Fsp3) is 0.550. The molecule has 2 nitrogen and oxygen atoms in total. The molecule has 120 valence electrons. The van der Waals surface area contributed by atoms with Crippen LogP contribution in [0.3, 0.4) is 0 Å². The molecule has 0 aliphatic rings. The summed E-state index contributed by atoms with van der Waals surface area (Å²) in [5.41, 5.74) is 3.69. The molecule has 0 bridgehead atoms. The summed E-state index contributed by atoms with van der Waals surface area (Å²) in [6.45, 7) is 13.8. The smallest absolute Gasteiger partial charge is 0.254 e. The Kier molecular flexibility index (Phi) is 4.79. The number of rotatable bonds is 4. The molecule has 0 amide bonds. The van der Waals surface area contributed by atoms with Gasteiger partial charge in [0.1, 0.15) is 0 Å². The molecular formula is C20H29NO. The molecule has 22 heavy (non-hydrogen) atoms. The first-order valence-corrected chi connectivity index (χ1v) is 8.39. The molecule has 2 rings (SSSR count). The highest BCUT2D eigenvalue weighted by atomic mass is 16.1. The minimum atomic E-state index is 0.181. The Hall–Kier alpha value is -1.57. The lowest BCUT2D eigenvalue weighted by Gasteiger charge is -2.21. The van der Waals surface area contributed by atoms with Crippen molar-refractivity contribution in [3.05, 3.63) is 45.7 Å². The second-order valence-electron chi connectivity index (χ2n) is 7.77. The molecule has 1 aromatic heterocycles. The molecule has 0 aliphatic carbocycles. The molecule has 0 unspecified atom stereocenters. The Morgan fingerprint density at radius 3 is 2.36 bits per heavy atom. The van der Waals surface area contributed by atoms with Crippen LogP contribution in [-0.4, -0.2) is 4.57 Å². The number of nitrogens with zero attached hydrogens (tertiary/aromatic N) is 1. The third-order valence-electron chi connectivity index (χ3n) is 4.30. The standard InChI is InChI=1S/C20H29NO/c1-7-15-8-9-16-13-17(14(2)3)19(22)21(18(16)12-15)11-10-20(4,5)6/h8-9,12-14H,7,10-11H2,1-6H3. The van der Waals surface area contributed by atoms with Crippen LogP contribution in [0.2, 0.25) is 0 Å². The van der Waals surface area contributed by atoms with Crippen LogP contribution in [0, 0.1) is 5.41 Å². The van der Waals surface area contributed by atoms with E-state index in [2.05, 4.69) is 65.8 Å². The highest BCUT2D eigenvalue weighted by Crippen LogP contribution is 2.23. The highest BCUT2D eigenvalue weighted by Gasteiger charge is 2.15. The van der Waals surface area contributed by atoms with E-state index >= 15 is 0 Å². The van der Waals surface area contributed by atoms with Gasteiger partial charge in [0.05, 0.1) is 5.52 Å². The summed E-state index contributed by atoms with van der Waals surface area (Å²) in [5, 5.41) is 1.18. The minimum Gasteiger partial charge on any atom is -0.308 e. The van der Waals surface area contributed by atoms with E-state index in [1.165, 1.54) is 10.9 Å². The molecule has 0 radical (unpaired) electrons. The van der Waals surface area contributed by atoms with E-state index in [4.69, 9.17) is 0 Å². The monoisotopic (exact) mass is 299 g/mol. The quantitative estimate of drug-likeness (QED) is 0.767. The first-order chi connectivity index (χ1) is 10.2. The maximum atomic E-state index is 12.9. The maximum absolute atomic E-state index is 12.9. The predicted octanol–water partition coefficient (Wildman–Crippen LogP) is 5.12. The molecule has 0 saturated carbocycles. The first kappa shape index (κ1) is 16.8. The molecule has 0 atom stereocenters. The highest BCUT2D eigenvalue weighted by molar-refractivity contribution is 5.80. The normalized spacial score (nSPS) is 12.3. The topological polar surface area (TPSA) is 22.0 Å². The number of hydrogen-bond donors (Lipinski definition) is 0. The van der Waals surface area contributed by atoms with Gasteiger partial charge in [-0.25, -0.2) is 0 Å². The Balaban J connectivity index is 2.66. The maximum Gasteiger partial charge on any atom is 0.254 e. The van der Waals surface area contributed by atoms with Crippen molar-refractivity contribution in [3.8, 4) is 0 Å². The van der Waals surface area contributed by atoms with Crippen molar-refractivity contribution in [1.29, 1.82) is 0 Å². The zero-order valence-corrected chi connectivity index (χ0v) is 14.9. The summed E-state index contributed by atoms with van der Waals surface area (Å²) >= 11 is 0. The molecule has 2 heteroatoms. The van der Waals surface area contributed by atoms with Crippen molar-refractivity contribution in [2.24, 2.45) is 5.41 Å². The van der Waals surface area contributed by atoms with Crippen LogP contribution in [0.5, 0.6) is 0 Å². The Bertz CT molecular complexity index is 717. The van der Waals surface area contributed by atoms with E-state index in [-0.39, 0.29) is 16.9 Å². The second kappa shape index (κ2) is 6.28. The van der Waals surface area contributed by atoms with Gasteiger partial charge in [0, 0.05) is 12.1 Å². The predicted molar refractivity (Wildman–Crippen MR) is 95.7 cm³/mol. The summed E-state index contributed by atoms with van der Waals surface area (Å²) in [7, 11) is 0. The zero-order valence-electron chi connectivity index (χ0n) is 14.9. The third kappa shape index (κ3) is 3.60. The van der Waals surface area contributed by atoms with Crippen LogP contribution in [0.15, 0.2) is 29.1 Å². The lowest BCUT2D eigenvalue weighted by Crippen LogP contribution is -2.26. The Labute approximate surface area is 134 Å². The minimum absolute atomic E-state index is 0.181. The van der Waals surface area contributed by atoms with Crippen molar-refractivity contribution in [2.75, 3.05) is 0 Å². The number of pyridine rings is 1. The van der Waals surface area contributed by atoms with Gasteiger partial charge < -0.3 is 4.57 Å². The summed E-state index contributed by atoms with van der Waals surface area (Å²) < 4.78 is 2.00. The van der Waals surface area contributed by atoms with Gasteiger partial charge in [-0.15, -0.1) is 0 Å². The molecule has 0 aliphatic heterocycles. The average Bonchev–Trinajstić information content (AvgIpc) is 2.43. The molecule has 0 fully saturated rings. The van der Waals surface area contributed by atoms with Gasteiger partial charge in [0.25, 0.3) is 5.56 Å². The van der Waals surface area contributed by atoms with E-state index in [0.717, 1.165) is 30.5 Å². The van der Waals surface area contributed by atoms with Crippen LogP contribution < -0.4 is 5.56 Å². The average molecular weight is 299 g/mol. The number of aryl methyl sites for hydroxylation is 2. The van der Waals surface area contributed by atoms with Crippen molar-refractivity contribution in [3.63, 3.8) is 0 Å². The van der Waals surface area contributed by atoms with Gasteiger partial charge in [0.2, 0.25) is 0 Å². The van der Waals surface area contributed by atoms with Crippen LogP contribution in [0.1, 0.15) is 65.0 Å². The van der Waals surface area contributed by atoms with Crippen molar-refractivity contribution in [1.82, 2.24) is 4.57 Å². The molecule has 0 saturated heterocycles. The summed E-state index contributed by atoms with van der Waals surface area (Å²) in [6.07, 6.45) is 2.00. The molecule has 1 aromatic carbocycles. The zero-order chi connectivity index (χ0) is 16.5. The van der Waals surface area contributed by atoms with E-state index in [1.807, 2.05) is 4.57 Å². The number of hydrogen-bond acceptors (Lipinski definition) is 1. The molecule has 0 spiro atoms. The van der Waals surface area contributed by atoms with Gasteiger partial charge >= 0.3 is 0 Å². The number of fused-ring (bicyclic) bond motifs is 1. The summed E-state index contributed by atoms with van der Waals surface area (Å²) in [5.74, 6) is 0.253. The van der Waals surface area contributed by atoms with Gasteiger partial charge in [-0.05, 0) is 47.3 Å².